The lowest BCUT2D eigenvalue weighted by Gasteiger charge is -2.32. The zero-order valence-electron chi connectivity index (χ0n) is 21.3. The van der Waals surface area contributed by atoms with Gasteiger partial charge in [0.1, 0.15) is 17.4 Å². The molecule has 1 saturated heterocycles. The number of para-hydroxylation sites is 1. The van der Waals surface area contributed by atoms with Gasteiger partial charge < -0.3 is 19.0 Å². The number of furan rings is 1. The van der Waals surface area contributed by atoms with Gasteiger partial charge >= 0.3 is 0 Å². The molecule has 0 amide bonds. The molecule has 0 bridgehead atoms. The maximum Gasteiger partial charge on any atom is 0.124 e. The minimum Gasteiger partial charge on any atom is -0.489 e. The molecule has 39 heavy (non-hydrogen) atoms. The van der Waals surface area contributed by atoms with E-state index in [4.69, 9.17) is 18.9 Å². The second-order valence-electron chi connectivity index (χ2n) is 10.0. The van der Waals surface area contributed by atoms with E-state index in [9.17, 15) is 5.11 Å². The Balaban J connectivity index is 1.21. The van der Waals surface area contributed by atoms with Crippen LogP contribution in [-0.4, -0.2) is 23.3 Å². The van der Waals surface area contributed by atoms with E-state index in [1.807, 2.05) is 48.5 Å². The van der Waals surface area contributed by atoms with Crippen LogP contribution in [0.15, 0.2) is 102 Å². The van der Waals surface area contributed by atoms with Crippen molar-refractivity contribution >= 4 is 32.3 Å². The zero-order chi connectivity index (χ0) is 26.2. The molecule has 6 aromatic rings. The van der Waals surface area contributed by atoms with Crippen LogP contribution in [0.3, 0.4) is 0 Å². The van der Waals surface area contributed by atoms with Crippen LogP contribution in [0.1, 0.15) is 24.0 Å². The van der Waals surface area contributed by atoms with E-state index in [1.54, 1.807) is 23.9 Å². The fraction of sp³-hybridized carbons (Fsp3) is 0.182. The Morgan fingerprint density at radius 2 is 1.79 bits per heavy atom. The second kappa shape index (κ2) is 9.97. The summed E-state index contributed by atoms with van der Waals surface area (Å²) in [6.07, 6.45) is 4.69. The largest absolute Gasteiger partial charge is 0.489 e. The molecule has 1 N–H and O–H groups in total. The molecule has 4 aromatic carbocycles. The van der Waals surface area contributed by atoms with E-state index in [0.717, 1.165) is 54.9 Å². The Labute approximate surface area is 230 Å². The van der Waals surface area contributed by atoms with E-state index in [-0.39, 0.29) is 0 Å². The lowest BCUT2D eigenvalue weighted by atomic mass is 9.86. The average molecular weight is 534 g/mol. The molecule has 2 aromatic heterocycles. The summed E-state index contributed by atoms with van der Waals surface area (Å²) < 4.78 is 18.3. The van der Waals surface area contributed by atoms with E-state index in [1.165, 1.54) is 4.70 Å². The van der Waals surface area contributed by atoms with Gasteiger partial charge in [-0.2, -0.15) is 0 Å². The van der Waals surface area contributed by atoms with E-state index < -0.39 is 5.60 Å². The minimum absolute atomic E-state index is 0.413. The number of fused-ring (bicyclic) bond motifs is 2. The smallest absolute Gasteiger partial charge is 0.124 e. The van der Waals surface area contributed by atoms with Gasteiger partial charge in [0, 0.05) is 37.2 Å². The predicted octanol–water partition coefficient (Wildman–Crippen LogP) is 7.95. The summed E-state index contributed by atoms with van der Waals surface area (Å²) in [7, 11) is 0. The maximum absolute atomic E-state index is 11.1. The highest BCUT2D eigenvalue weighted by Crippen LogP contribution is 2.39. The van der Waals surface area contributed by atoms with Crippen molar-refractivity contribution in [2.45, 2.75) is 25.0 Å². The van der Waals surface area contributed by atoms with Gasteiger partial charge in [0.2, 0.25) is 0 Å². The molecule has 0 unspecified atom stereocenters. The van der Waals surface area contributed by atoms with Crippen molar-refractivity contribution in [3.05, 3.63) is 109 Å². The first-order chi connectivity index (χ1) is 19.1. The van der Waals surface area contributed by atoms with Gasteiger partial charge in [-0.15, -0.1) is 11.3 Å². The van der Waals surface area contributed by atoms with Gasteiger partial charge in [-0.25, -0.2) is 4.98 Å². The summed E-state index contributed by atoms with van der Waals surface area (Å²) in [5.74, 6) is 0.787. The molecule has 7 rings (SSSR count). The number of aliphatic hydroxyl groups is 1. The number of aromatic nitrogens is 1. The normalized spacial score (nSPS) is 15.1. The van der Waals surface area contributed by atoms with Gasteiger partial charge in [-0.05, 0) is 76.0 Å². The molecule has 194 valence electrons. The number of nitrogens with zero attached hydrogens (tertiary/aromatic N) is 1. The highest BCUT2D eigenvalue weighted by molar-refractivity contribution is 7.21. The second-order valence-corrected chi connectivity index (χ2v) is 11.1. The van der Waals surface area contributed by atoms with Crippen LogP contribution in [0.2, 0.25) is 0 Å². The number of benzene rings is 4. The first kappa shape index (κ1) is 24.1. The predicted molar refractivity (Wildman–Crippen MR) is 155 cm³/mol. The number of hydrogen-bond acceptors (Lipinski definition) is 6. The first-order valence-electron chi connectivity index (χ1n) is 13.1. The number of rotatable bonds is 6. The van der Waals surface area contributed by atoms with E-state index in [0.29, 0.717) is 32.7 Å². The van der Waals surface area contributed by atoms with Crippen molar-refractivity contribution in [2.24, 2.45) is 0 Å². The van der Waals surface area contributed by atoms with Crippen molar-refractivity contribution in [2.75, 3.05) is 13.2 Å². The zero-order valence-corrected chi connectivity index (χ0v) is 22.1. The summed E-state index contributed by atoms with van der Waals surface area (Å²) >= 11 is 1.70. The van der Waals surface area contributed by atoms with E-state index in [2.05, 4.69) is 36.4 Å². The molecule has 0 saturated carbocycles. The first-order valence-corrected chi connectivity index (χ1v) is 13.9. The van der Waals surface area contributed by atoms with Crippen molar-refractivity contribution in [1.82, 2.24) is 4.98 Å². The third-order valence-electron chi connectivity index (χ3n) is 7.49. The lowest BCUT2D eigenvalue weighted by Crippen LogP contribution is -2.33. The minimum atomic E-state index is -0.836. The molecule has 0 aliphatic carbocycles. The summed E-state index contributed by atoms with van der Waals surface area (Å²) in [4.78, 5) is 4.88. The van der Waals surface area contributed by atoms with Crippen molar-refractivity contribution in [1.29, 1.82) is 0 Å². The topological polar surface area (TPSA) is 64.7 Å². The monoisotopic (exact) mass is 533 g/mol. The highest BCUT2D eigenvalue weighted by atomic mass is 32.1. The molecule has 3 heterocycles. The molecule has 0 radical (unpaired) electrons. The third kappa shape index (κ3) is 4.72. The van der Waals surface area contributed by atoms with Crippen LogP contribution in [0.25, 0.3) is 42.7 Å². The molecule has 0 spiro atoms. The quantitative estimate of drug-likeness (QED) is 0.235. The lowest BCUT2D eigenvalue weighted by molar-refractivity contribution is -0.0679. The molecular weight excluding hydrogens is 506 g/mol. The Bertz CT molecular complexity index is 1730. The van der Waals surface area contributed by atoms with Gasteiger partial charge in [0.15, 0.2) is 0 Å². The fourth-order valence-electron chi connectivity index (χ4n) is 5.32. The van der Waals surface area contributed by atoms with Crippen LogP contribution in [-0.2, 0) is 16.9 Å². The molecule has 1 aliphatic rings. The molecule has 1 fully saturated rings. The van der Waals surface area contributed by atoms with Gasteiger partial charge in [-0.3, -0.25) is 0 Å². The molecular formula is C33H27NO4S. The van der Waals surface area contributed by atoms with Crippen LogP contribution < -0.4 is 4.74 Å². The van der Waals surface area contributed by atoms with Crippen molar-refractivity contribution in [3.8, 4) is 27.4 Å². The van der Waals surface area contributed by atoms with E-state index >= 15 is 0 Å². The number of hydrogen-bond donors (Lipinski definition) is 1. The van der Waals surface area contributed by atoms with Crippen LogP contribution in [0, 0.1) is 0 Å². The Morgan fingerprint density at radius 3 is 2.64 bits per heavy atom. The Hall–Kier alpha value is -3.97. The SMILES string of the molecule is OC1(c2cccc(COc3ccc4cc(-c5nc6ccccc6s5)cc(-c5ccoc5)c4c3)c2)CCOCC1. The Morgan fingerprint density at radius 1 is 0.897 bits per heavy atom. The number of thiazole rings is 1. The average Bonchev–Trinajstić information content (AvgIpc) is 3.67. The van der Waals surface area contributed by atoms with Crippen molar-refractivity contribution in [3.63, 3.8) is 0 Å². The van der Waals surface area contributed by atoms with Gasteiger partial charge in [0.05, 0.1) is 28.3 Å². The third-order valence-corrected chi connectivity index (χ3v) is 8.57. The molecule has 1 aliphatic heterocycles. The van der Waals surface area contributed by atoms with Gasteiger partial charge in [-0.1, -0.05) is 36.4 Å². The maximum atomic E-state index is 11.1. The van der Waals surface area contributed by atoms with Crippen molar-refractivity contribution < 1.29 is 19.0 Å². The van der Waals surface area contributed by atoms with Crippen LogP contribution in [0.5, 0.6) is 5.75 Å². The molecule has 6 heteroatoms. The molecule has 0 atom stereocenters. The molecule has 5 nitrogen and oxygen atoms in total. The van der Waals surface area contributed by atoms with Crippen LogP contribution >= 0.6 is 11.3 Å². The standard InChI is InChI=1S/C33H27NO4S/c35-33(11-14-36-15-12-33)26-5-3-4-22(16-26)20-38-27-9-8-23-17-25(32-34-30-6-1-2-7-31(30)39-32)18-28(29(23)19-27)24-10-13-37-21-24/h1-10,13,16-19,21,35H,11-12,14-15,20H2. The fourth-order valence-corrected chi connectivity index (χ4v) is 6.27. The highest BCUT2D eigenvalue weighted by Gasteiger charge is 2.31. The van der Waals surface area contributed by atoms with Gasteiger partial charge in [0.25, 0.3) is 0 Å². The summed E-state index contributed by atoms with van der Waals surface area (Å²) in [5, 5.41) is 14.3. The number of ether oxygens (including phenoxy) is 2. The van der Waals surface area contributed by atoms with Crippen LogP contribution in [0.4, 0.5) is 0 Å². The summed E-state index contributed by atoms with van der Waals surface area (Å²) in [6, 6.07) is 28.9. The Kier molecular flexibility index (Phi) is 6.16. The summed E-state index contributed by atoms with van der Waals surface area (Å²) in [5.41, 5.74) is 5.29. The summed E-state index contributed by atoms with van der Waals surface area (Å²) in [6.45, 7) is 1.57.